The van der Waals surface area contributed by atoms with Crippen molar-refractivity contribution >= 4 is 18.0 Å². The van der Waals surface area contributed by atoms with Gasteiger partial charge in [0, 0.05) is 25.0 Å². The standard InChI is InChI=1S/C15H18N2O3/c1-2-15(14(19)20)8-4-10-17(15)13(18)7-6-12-5-3-9-16-11-12/h3,5-7,9,11H,2,4,8,10H2,1H3,(H,19,20)/b7-6+. The summed E-state index contributed by atoms with van der Waals surface area (Å²) in [7, 11) is 0. The Morgan fingerprint density at radius 1 is 1.55 bits per heavy atom. The molecule has 5 heteroatoms. The summed E-state index contributed by atoms with van der Waals surface area (Å²) in [6.07, 6.45) is 8.07. The van der Waals surface area contributed by atoms with Crippen LogP contribution in [-0.4, -0.2) is 39.0 Å². The van der Waals surface area contributed by atoms with Crippen LogP contribution in [-0.2, 0) is 9.59 Å². The second kappa shape index (κ2) is 5.86. The van der Waals surface area contributed by atoms with Gasteiger partial charge in [0.2, 0.25) is 5.91 Å². The smallest absolute Gasteiger partial charge is 0.329 e. The van der Waals surface area contributed by atoms with Crippen LogP contribution in [0.4, 0.5) is 0 Å². The Kier molecular flexibility index (Phi) is 4.17. The van der Waals surface area contributed by atoms with E-state index in [0.717, 1.165) is 12.0 Å². The Morgan fingerprint density at radius 2 is 2.35 bits per heavy atom. The predicted molar refractivity (Wildman–Crippen MR) is 74.9 cm³/mol. The Bertz CT molecular complexity index is 527. The molecule has 0 saturated carbocycles. The molecule has 106 valence electrons. The Hall–Kier alpha value is -2.17. The Labute approximate surface area is 117 Å². The van der Waals surface area contributed by atoms with E-state index in [1.165, 1.54) is 11.0 Å². The third-order valence-electron chi connectivity index (χ3n) is 3.84. The van der Waals surface area contributed by atoms with E-state index in [2.05, 4.69) is 4.98 Å². The van der Waals surface area contributed by atoms with Crippen molar-refractivity contribution in [1.82, 2.24) is 9.88 Å². The number of carboxylic acids is 1. The first-order valence-corrected chi connectivity index (χ1v) is 6.73. The van der Waals surface area contributed by atoms with Gasteiger partial charge in [0.05, 0.1) is 0 Å². The van der Waals surface area contributed by atoms with Gasteiger partial charge in [-0.15, -0.1) is 0 Å². The second-order valence-electron chi connectivity index (χ2n) is 4.90. The molecule has 1 aromatic heterocycles. The largest absolute Gasteiger partial charge is 0.479 e. The fraction of sp³-hybridized carbons (Fsp3) is 0.400. The third-order valence-corrected chi connectivity index (χ3v) is 3.84. The number of carboxylic acid groups (broad SMARTS) is 1. The summed E-state index contributed by atoms with van der Waals surface area (Å²) in [6.45, 7) is 2.31. The van der Waals surface area contributed by atoms with Crippen LogP contribution in [0.2, 0.25) is 0 Å². The van der Waals surface area contributed by atoms with E-state index >= 15 is 0 Å². The molecule has 5 nitrogen and oxygen atoms in total. The maximum Gasteiger partial charge on any atom is 0.329 e. The quantitative estimate of drug-likeness (QED) is 0.852. The Balaban J connectivity index is 2.16. The van der Waals surface area contributed by atoms with E-state index in [9.17, 15) is 14.7 Å². The monoisotopic (exact) mass is 274 g/mol. The molecule has 1 N–H and O–H groups in total. The van der Waals surface area contributed by atoms with Crippen molar-refractivity contribution in [3.05, 3.63) is 36.2 Å². The van der Waals surface area contributed by atoms with Gasteiger partial charge in [0.15, 0.2) is 0 Å². The van der Waals surface area contributed by atoms with Gasteiger partial charge in [-0.25, -0.2) is 4.79 Å². The average Bonchev–Trinajstić information content (AvgIpc) is 2.91. The van der Waals surface area contributed by atoms with Gasteiger partial charge in [0.25, 0.3) is 0 Å². The minimum absolute atomic E-state index is 0.254. The highest BCUT2D eigenvalue weighted by Gasteiger charge is 2.47. The molecular weight excluding hydrogens is 256 g/mol. The van der Waals surface area contributed by atoms with Crippen LogP contribution in [0.15, 0.2) is 30.6 Å². The lowest BCUT2D eigenvalue weighted by Gasteiger charge is -2.33. The number of aromatic nitrogens is 1. The molecular formula is C15H18N2O3. The van der Waals surface area contributed by atoms with Crippen molar-refractivity contribution in [3.8, 4) is 0 Å². The number of hydrogen-bond acceptors (Lipinski definition) is 3. The molecule has 1 saturated heterocycles. The topological polar surface area (TPSA) is 70.5 Å². The first-order chi connectivity index (χ1) is 9.60. The molecule has 0 aliphatic carbocycles. The highest BCUT2D eigenvalue weighted by atomic mass is 16.4. The first kappa shape index (κ1) is 14.2. The number of rotatable bonds is 4. The molecule has 1 atom stereocenters. The van der Waals surface area contributed by atoms with Gasteiger partial charge in [0.1, 0.15) is 5.54 Å². The Morgan fingerprint density at radius 3 is 2.95 bits per heavy atom. The van der Waals surface area contributed by atoms with E-state index in [1.807, 2.05) is 13.0 Å². The van der Waals surface area contributed by atoms with Gasteiger partial charge < -0.3 is 10.0 Å². The van der Waals surface area contributed by atoms with Gasteiger partial charge >= 0.3 is 5.97 Å². The van der Waals surface area contributed by atoms with Crippen LogP contribution in [0.3, 0.4) is 0 Å². The molecule has 1 amide bonds. The van der Waals surface area contributed by atoms with Crippen LogP contribution in [0.5, 0.6) is 0 Å². The van der Waals surface area contributed by atoms with Crippen molar-refractivity contribution < 1.29 is 14.7 Å². The number of likely N-dealkylation sites (tertiary alicyclic amines) is 1. The zero-order valence-electron chi connectivity index (χ0n) is 11.5. The number of carbonyl (C=O) groups is 2. The summed E-state index contributed by atoms with van der Waals surface area (Å²) in [5, 5.41) is 9.44. The molecule has 1 aliphatic rings. The van der Waals surface area contributed by atoms with E-state index < -0.39 is 11.5 Å². The summed E-state index contributed by atoms with van der Waals surface area (Å²) in [6, 6.07) is 3.62. The number of amides is 1. The lowest BCUT2D eigenvalue weighted by Crippen LogP contribution is -2.52. The number of hydrogen-bond donors (Lipinski definition) is 1. The lowest BCUT2D eigenvalue weighted by atomic mass is 9.93. The summed E-state index contributed by atoms with van der Waals surface area (Å²) < 4.78 is 0. The summed E-state index contributed by atoms with van der Waals surface area (Å²) >= 11 is 0. The number of nitrogens with zero attached hydrogens (tertiary/aromatic N) is 2. The molecule has 2 rings (SSSR count). The predicted octanol–water partition coefficient (Wildman–Crippen LogP) is 1.95. The lowest BCUT2D eigenvalue weighted by molar-refractivity contribution is -0.155. The molecule has 0 bridgehead atoms. The summed E-state index contributed by atoms with van der Waals surface area (Å²) in [5.41, 5.74) is -0.228. The number of carbonyl (C=O) groups excluding carboxylic acids is 1. The van der Waals surface area contributed by atoms with E-state index in [1.54, 1.807) is 24.5 Å². The van der Waals surface area contributed by atoms with Crippen LogP contribution in [0.25, 0.3) is 6.08 Å². The molecule has 1 aromatic rings. The van der Waals surface area contributed by atoms with Gasteiger partial charge in [-0.05, 0) is 37.0 Å². The van der Waals surface area contributed by atoms with Gasteiger partial charge in [-0.3, -0.25) is 9.78 Å². The minimum Gasteiger partial charge on any atom is -0.479 e. The zero-order chi connectivity index (χ0) is 14.6. The SMILES string of the molecule is CCC1(C(=O)O)CCCN1C(=O)/C=C/c1cccnc1. The van der Waals surface area contributed by atoms with Crippen molar-refractivity contribution in [3.63, 3.8) is 0 Å². The van der Waals surface area contributed by atoms with E-state index in [-0.39, 0.29) is 5.91 Å². The average molecular weight is 274 g/mol. The highest BCUT2D eigenvalue weighted by Crippen LogP contribution is 2.33. The van der Waals surface area contributed by atoms with E-state index in [0.29, 0.717) is 19.4 Å². The van der Waals surface area contributed by atoms with Crippen LogP contribution < -0.4 is 0 Å². The molecule has 0 radical (unpaired) electrons. The zero-order valence-corrected chi connectivity index (χ0v) is 11.5. The van der Waals surface area contributed by atoms with Gasteiger partial charge in [-0.2, -0.15) is 0 Å². The van der Waals surface area contributed by atoms with Crippen molar-refractivity contribution in [2.45, 2.75) is 31.7 Å². The van der Waals surface area contributed by atoms with Crippen LogP contribution >= 0.6 is 0 Å². The van der Waals surface area contributed by atoms with Crippen LogP contribution in [0.1, 0.15) is 31.7 Å². The molecule has 1 unspecified atom stereocenters. The van der Waals surface area contributed by atoms with Crippen LogP contribution in [0, 0.1) is 0 Å². The van der Waals surface area contributed by atoms with Gasteiger partial charge in [-0.1, -0.05) is 13.0 Å². The molecule has 20 heavy (non-hydrogen) atoms. The maximum absolute atomic E-state index is 12.3. The van der Waals surface area contributed by atoms with Crippen molar-refractivity contribution in [1.29, 1.82) is 0 Å². The summed E-state index contributed by atoms with van der Waals surface area (Å²) in [4.78, 5) is 29.2. The number of aliphatic carboxylic acids is 1. The molecule has 1 aliphatic heterocycles. The van der Waals surface area contributed by atoms with Crippen molar-refractivity contribution in [2.75, 3.05) is 6.54 Å². The third kappa shape index (κ3) is 2.57. The minimum atomic E-state index is -1.05. The molecule has 1 fully saturated rings. The normalized spacial score (nSPS) is 22.4. The van der Waals surface area contributed by atoms with E-state index in [4.69, 9.17) is 0 Å². The molecule has 0 spiro atoms. The fourth-order valence-electron chi connectivity index (χ4n) is 2.67. The first-order valence-electron chi connectivity index (χ1n) is 6.73. The highest BCUT2D eigenvalue weighted by molar-refractivity contribution is 5.96. The molecule has 2 heterocycles. The summed E-state index contributed by atoms with van der Waals surface area (Å²) in [5.74, 6) is -1.17. The fourth-order valence-corrected chi connectivity index (χ4v) is 2.67. The molecule has 0 aromatic carbocycles. The maximum atomic E-state index is 12.3. The number of pyridine rings is 1. The second-order valence-corrected chi connectivity index (χ2v) is 4.90. The van der Waals surface area contributed by atoms with Crippen molar-refractivity contribution in [2.24, 2.45) is 0 Å².